The Balaban J connectivity index is 1.78. The first-order valence-corrected chi connectivity index (χ1v) is 8.14. The lowest BCUT2D eigenvalue weighted by molar-refractivity contribution is -0.123. The first-order valence-electron chi connectivity index (χ1n) is 8.14. The molecule has 1 saturated heterocycles. The van der Waals surface area contributed by atoms with Crippen molar-refractivity contribution in [2.45, 2.75) is 32.7 Å². The summed E-state index contributed by atoms with van der Waals surface area (Å²) in [5.74, 6) is 0.430. The molecule has 0 aromatic heterocycles. The van der Waals surface area contributed by atoms with Crippen LogP contribution >= 0.6 is 0 Å². The van der Waals surface area contributed by atoms with Crippen molar-refractivity contribution in [2.24, 2.45) is 0 Å². The van der Waals surface area contributed by atoms with E-state index in [2.05, 4.69) is 29.0 Å². The summed E-state index contributed by atoms with van der Waals surface area (Å²) in [5.41, 5.74) is 0.878. The third-order valence-electron chi connectivity index (χ3n) is 4.09. The van der Waals surface area contributed by atoms with Gasteiger partial charge in [0.05, 0.1) is 12.2 Å². The number of amides is 1. The molecule has 1 amide bonds. The molecule has 122 valence electrons. The molecule has 0 saturated carbocycles. The number of carbonyl (C=O) groups is 1. The van der Waals surface area contributed by atoms with E-state index in [9.17, 15) is 9.90 Å². The standard InChI is InChI=1S/C17H27N3O2/c1-3-6-14(2)18-17(22)13-19-9-11-20(12-10-19)15-7-4-5-8-16(15)21/h4-5,7-8,14,21H,3,6,9-13H2,1-2H3,(H,18,22)/t14-/m1/s1. The van der Waals surface area contributed by atoms with Gasteiger partial charge in [0, 0.05) is 32.2 Å². The van der Waals surface area contributed by atoms with Crippen LogP contribution in [-0.2, 0) is 4.79 Å². The van der Waals surface area contributed by atoms with Crippen molar-refractivity contribution >= 4 is 11.6 Å². The molecule has 22 heavy (non-hydrogen) atoms. The predicted molar refractivity (Wildman–Crippen MR) is 89.3 cm³/mol. The maximum Gasteiger partial charge on any atom is 0.234 e. The van der Waals surface area contributed by atoms with Gasteiger partial charge in [-0.15, -0.1) is 0 Å². The zero-order chi connectivity index (χ0) is 15.9. The van der Waals surface area contributed by atoms with Gasteiger partial charge in [0.15, 0.2) is 0 Å². The quantitative estimate of drug-likeness (QED) is 0.842. The summed E-state index contributed by atoms with van der Waals surface area (Å²) >= 11 is 0. The van der Waals surface area contributed by atoms with Crippen molar-refractivity contribution < 1.29 is 9.90 Å². The van der Waals surface area contributed by atoms with Crippen molar-refractivity contribution in [3.8, 4) is 5.75 Å². The second-order valence-electron chi connectivity index (χ2n) is 6.01. The van der Waals surface area contributed by atoms with Crippen LogP contribution in [-0.4, -0.2) is 54.7 Å². The molecule has 0 bridgehead atoms. The molecule has 2 N–H and O–H groups in total. The Morgan fingerprint density at radius 2 is 1.95 bits per heavy atom. The molecule has 0 unspecified atom stereocenters. The average molecular weight is 305 g/mol. The highest BCUT2D eigenvalue weighted by molar-refractivity contribution is 5.78. The van der Waals surface area contributed by atoms with E-state index in [-0.39, 0.29) is 11.9 Å². The maximum absolute atomic E-state index is 12.0. The lowest BCUT2D eigenvalue weighted by Gasteiger charge is -2.36. The van der Waals surface area contributed by atoms with Gasteiger partial charge in [-0.3, -0.25) is 9.69 Å². The van der Waals surface area contributed by atoms with E-state index in [1.165, 1.54) is 0 Å². The molecule has 1 aliphatic heterocycles. The summed E-state index contributed by atoms with van der Waals surface area (Å²) in [5, 5.41) is 13.0. The van der Waals surface area contributed by atoms with Crippen LogP contribution < -0.4 is 10.2 Å². The van der Waals surface area contributed by atoms with E-state index in [0.29, 0.717) is 12.3 Å². The van der Waals surface area contributed by atoms with Crippen LogP contribution in [0.1, 0.15) is 26.7 Å². The first kappa shape index (κ1) is 16.6. The Hall–Kier alpha value is -1.75. The van der Waals surface area contributed by atoms with Crippen LogP contribution in [0.15, 0.2) is 24.3 Å². The van der Waals surface area contributed by atoms with Gasteiger partial charge in [0.2, 0.25) is 5.91 Å². The first-order chi connectivity index (χ1) is 10.6. The molecule has 0 aliphatic carbocycles. The average Bonchev–Trinajstić information content (AvgIpc) is 2.49. The maximum atomic E-state index is 12.0. The fourth-order valence-electron chi connectivity index (χ4n) is 2.91. The smallest absolute Gasteiger partial charge is 0.234 e. The number of phenols is 1. The fraction of sp³-hybridized carbons (Fsp3) is 0.588. The van der Waals surface area contributed by atoms with Crippen molar-refractivity contribution in [3.63, 3.8) is 0 Å². The number of para-hydroxylation sites is 2. The monoisotopic (exact) mass is 305 g/mol. The minimum absolute atomic E-state index is 0.108. The van der Waals surface area contributed by atoms with E-state index in [1.54, 1.807) is 6.07 Å². The lowest BCUT2D eigenvalue weighted by atomic mass is 10.2. The number of piperazine rings is 1. The lowest BCUT2D eigenvalue weighted by Crippen LogP contribution is -2.50. The largest absolute Gasteiger partial charge is 0.506 e. The SMILES string of the molecule is CCC[C@@H](C)NC(=O)CN1CCN(c2ccccc2O)CC1. The third kappa shape index (κ3) is 4.63. The van der Waals surface area contributed by atoms with E-state index in [1.807, 2.05) is 18.2 Å². The molecule has 0 spiro atoms. The van der Waals surface area contributed by atoms with Crippen LogP contribution in [0.3, 0.4) is 0 Å². The Morgan fingerprint density at radius 3 is 2.59 bits per heavy atom. The molecule has 5 heteroatoms. The van der Waals surface area contributed by atoms with E-state index in [4.69, 9.17) is 0 Å². The van der Waals surface area contributed by atoms with Crippen LogP contribution in [0.2, 0.25) is 0 Å². The predicted octanol–water partition coefficient (Wildman–Crippen LogP) is 1.82. The van der Waals surface area contributed by atoms with Crippen molar-refractivity contribution in [1.29, 1.82) is 0 Å². The van der Waals surface area contributed by atoms with E-state index in [0.717, 1.165) is 44.7 Å². The molecule has 1 atom stereocenters. The number of aromatic hydroxyl groups is 1. The van der Waals surface area contributed by atoms with Crippen LogP contribution in [0.25, 0.3) is 0 Å². The van der Waals surface area contributed by atoms with Crippen molar-refractivity contribution in [1.82, 2.24) is 10.2 Å². The Kier molecular flexibility index (Phi) is 6.07. The number of nitrogens with one attached hydrogen (secondary N) is 1. The zero-order valence-electron chi connectivity index (χ0n) is 13.6. The molecular formula is C17H27N3O2. The number of nitrogens with zero attached hydrogens (tertiary/aromatic N) is 2. The number of hydrogen-bond acceptors (Lipinski definition) is 4. The number of benzene rings is 1. The van der Waals surface area contributed by atoms with Crippen molar-refractivity contribution in [2.75, 3.05) is 37.6 Å². The highest BCUT2D eigenvalue weighted by Crippen LogP contribution is 2.27. The van der Waals surface area contributed by atoms with Gasteiger partial charge >= 0.3 is 0 Å². The summed E-state index contributed by atoms with van der Waals surface area (Å²) in [4.78, 5) is 16.3. The number of phenolic OH excluding ortho intramolecular Hbond substituents is 1. The molecule has 5 nitrogen and oxygen atoms in total. The van der Waals surface area contributed by atoms with Gasteiger partial charge in [-0.25, -0.2) is 0 Å². The topological polar surface area (TPSA) is 55.8 Å². The second kappa shape index (κ2) is 8.03. The molecule has 0 radical (unpaired) electrons. The molecule has 1 aromatic carbocycles. The second-order valence-corrected chi connectivity index (χ2v) is 6.01. The van der Waals surface area contributed by atoms with Gasteiger partial charge in [-0.2, -0.15) is 0 Å². The number of rotatable bonds is 6. The Bertz CT molecular complexity index is 485. The van der Waals surface area contributed by atoms with Crippen LogP contribution in [0.5, 0.6) is 5.75 Å². The minimum Gasteiger partial charge on any atom is -0.506 e. The van der Waals surface area contributed by atoms with Crippen LogP contribution in [0.4, 0.5) is 5.69 Å². The highest BCUT2D eigenvalue weighted by atomic mass is 16.3. The highest BCUT2D eigenvalue weighted by Gasteiger charge is 2.20. The normalized spacial score (nSPS) is 17.3. The molecule has 1 fully saturated rings. The Morgan fingerprint density at radius 1 is 1.27 bits per heavy atom. The van der Waals surface area contributed by atoms with Gasteiger partial charge < -0.3 is 15.3 Å². The molecule has 1 aromatic rings. The van der Waals surface area contributed by atoms with Gasteiger partial charge in [0.25, 0.3) is 0 Å². The van der Waals surface area contributed by atoms with E-state index >= 15 is 0 Å². The molecule has 2 rings (SSSR count). The number of anilines is 1. The van der Waals surface area contributed by atoms with Crippen molar-refractivity contribution in [3.05, 3.63) is 24.3 Å². The number of carbonyl (C=O) groups excluding carboxylic acids is 1. The zero-order valence-corrected chi connectivity index (χ0v) is 13.6. The molecular weight excluding hydrogens is 278 g/mol. The summed E-state index contributed by atoms with van der Waals surface area (Å²) in [6, 6.07) is 7.66. The number of hydrogen-bond donors (Lipinski definition) is 2. The summed E-state index contributed by atoms with van der Waals surface area (Å²) in [7, 11) is 0. The molecule has 1 heterocycles. The van der Waals surface area contributed by atoms with Gasteiger partial charge in [-0.05, 0) is 25.5 Å². The fourth-order valence-corrected chi connectivity index (χ4v) is 2.91. The summed E-state index contributed by atoms with van der Waals surface area (Å²) in [6.07, 6.45) is 2.10. The Labute approximate surface area is 132 Å². The van der Waals surface area contributed by atoms with Gasteiger partial charge in [0.1, 0.15) is 5.75 Å². The third-order valence-corrected chi connectivity index (χ3v) is 4.09. The van der Waals surface area contributed by atoms with E-state index < -0.39 is 0 Å². The summed E-state index contributed by atoms with van der Waals surface area (Å²) in [6.45, 7) is 7.97. The molecule has 1 aliphatic rings. The van der Waals surface area contributed by atoms with Crippen LogP contribution in [0, 0.1) is 0 Å². The minimum atomic E-state index is 0.108. The summed E-state index contributed by atoms with van der Waals surface area (Å²) < 4.78 is 0. The van der Waals surface area contributed by atoms with Gasteiger partial charge in [-0.1, -0.05) is 25.5 Å².